The van der Waals surface area contributed by atoms with Gasteiger partial charge in [0.1, 0.15) is 0 Å². The van der Waals surface area contributed by atoms with E-state index < -0.39 is 0 Å². The SMILES string of the molecule is CN1CC2=NNC(=O)c3cccc4[nH]c(c2c34)C1. The van der Waals surface area contributed by atoms with E-state index in [0.29, 0.717) is 5.56 Å². The Kier molecular flexibility index (Phi) is 1.75. The van der Waals surface area contributed by atoms with Gasteiger partial charge in [0.2, 0.25) is 0 Å². The minimum atomic E-state index is -0.132. The summed E-state index contributed by atoms with van der Waals surface area (Å²) in [6, 6.07) is 5.75. The molecule has 1 amide bonds. The van der Waals surface area contributed by atoms with E-state index in [2.05, 4.69) is 20.4 Å². The van der Waals surface area contributed by atoms with Crippen molar-refractivity contribution in [2.45, 2.75) is 6.54 Å². The van der Waals surface area contributed by atoms with Crippen molar-refractivity contribution in [1.29, 1.82) is 0 Å². The Hall–Kier alpha value is -2.14. The Bertz CT molecular complexity index is 713. The van der Waals surface area contributed by atoms with Gasteiger partial charge in [-0.25, -0.2) is 5.43 Å². The number of benzene rings is 1. The molecule has 0 aliphatic carbocycles. The summed E-state index contributed by atoms with van der Waals surface area (Å²) in [4.78, 5) is 17.6. The number of nitrogens with one attached hydrogen (secondary N) is 2. The number of hydrogen-bond donors (Lipinski definition) is 2. The van der Waals surface area contributed by atoms with Crippen LogP contribution >= 0.6 is 0 Å². The van der Waals surface area contributed by atoms with Crippen molar-refractivity contribution in [1.82, 2.24) is 15.3 Å². The molecule has 2 aliphatic heterocycles. The van der Waals surface area contributed by atoms with Crippen LogP contribution in [0.1, 0.15) is 21.6 Å². The van der Waals surface area contributed by atoms with Gasteiger partial charge in [-0.2, -0.15) is 5.10 Å². The van der Waals surface area contributed by atoms with E-state index in [-0.39, 0.29) is 5.91 Å². The molecule has 1 aromatic carbocycles. The molecule has 0 fully saturated rings. The molecule has 2 N–H and O–H groups in total. The van der Waals surface area contributed by atoms with Crippen LogP contribution in [0.5, 0.6) is 0 Å². The maximum absolute atomic E-state index is 12.0. The minimum Gasteiger partial charge on any atom is -0.357 e. The second kappa shape index (κ2) is 3.20. The van der Waals surface area contributed by atoms with Crippen LogP contribution in [0.2, 0.25) is 0 Å². The largest absolute Gasteiger partial charge is 0.357 e. The Morgan fingerprint density at radius 1 is 1.33 bits per heavy atom. The summed E-state index contributed by atoms with van der Waals surface area (Å²) in [6.07, 6.45) is 0. The summed E-state index contributed by atoms with van der Waals surface area (Å²) in [5.41, 5.74) is 7.52. The highest BCUT2D eigenvalue weighted by Gasteiger charge is 2.28. The second-order valence-corrected chi connectivity index (χ2v) is 4.88. The van der Waals surface area contributed by atoms with Crippen LogP contribution in [0.25, 0.3) is 10.9 Å². The molecule has 2 aromatic rings. The number of hydrazone groups is 1. The fourth-order valence-electron chi connectivity index (χ4n) is 2.86. The van der Waals surface area contributed by atoms with Gasteiger partial charge in [0.05, 0.1) is 11.3 Å². The zero-order valence-corrected chi connectivity index (χ0v) is 9.95. The molecule has 0 spiro atoms. The fraction of sp³-hybridized carbons (Fsp3) is 0.231. The molecule has 3 heterocycles. The summed E-state index contributed by atoms with van der Waals surface area (Å²) >= 11 is 0. The van der Waals surface area contributed by atoms with Crippen LogP contribution in [0.4, 0.5) is 0 Å². The molecule has 5 nitrogen and oxygen atoms in total. The molecule has 0 bridgehead atoms. The van der Waals surface area contributed by atoms with Crippen molar-refractivity contribution in [3.8, 4) is 0 Å². The zero-order valence-electron chi connectivity index (χ0n) is 9.95. The number of hydrogen-bond acceptors (Lipinski definition) is 3. The molecule has 0 saturated carbocycles. The average molecular weight is 240 g/mol. The van der Waals surface area contributed by atoms with Gasteiger partial charge in [-0.15, -0.1) is 0 Å². The summed E-state index contributed by atoms with van der Waals surface area (Å²) in [6.45, 7) is 1.62. The van der Waals surface area contributed by atoms with Gasteiger partial charge < -0.3 is 4.98 Å². The monoisotopic (exact) mass is 240 g/mol. The number of nitrogens with zero attached hydrogens (tertiary/aromatic N) is 2. The third-order valence-electron chi connectivity index (χ3n) is 3.58. The van der Waals surface area contributed by atoms with E-state index in [1.165, 1.54) is 0 Å². The van der Waals surface area contributed by atoms with Gasteiger partial charge in [-0.05, 0) is 19.2 Å². The van der Waals surface area contributed by atoms with Crippen LogP contribution in [-0.4, -0.2) is 35.1 Å². The molecule has 18 heavy (non-hydrogen) atoms. The molecule has 2 aliphatic rings. The predicted molar refractivity (Wildman–Crippen MR) is 68.6 cm³/mol. The van der Waals surface area contributed by atoms with Crippen molar-refractivity contribution in [2.75, 3.05) is 13.6 Å². The number of aromatic amines is 1. The van der Waals surface area contributed by atoms with Gasteiger partial charge >= 0.3 is 0 Å². The summed E-state index contributed by atoms with van der Waals surface area (Å²) in [7, 11) is 2.05. The Balaban J connectivity index is 2.17. The highest BCUT2D eigenvalue weighted by Crippen LogP contribution is 2.31. The normalized spacial score (nSPS) is 18.5. The first-order chi connectivity index (χ1) is 8.74. The van der Waals surface area contributed by atoms with Gasteiger partial charge in [0.25, 0.3) is 5.91 Å². The average Bonchev–Trinajstić information content (AvgIpc) is 2.65. The zero-order chi connectivity index (χ0) is 12.3. The number of rotatable bonds is 0. The lowest BCUT2D eigenvalue weighted by Gasteiger charge is -2.23. The number of likely N-dealkylation sites (N-methyl/N-ethyl adjacent to an activating group) is 1. The fourth-order valence-corrected chi connectivity index (χ4v) is 2.86. The molecule has 5 heteroatoms. The number of carbonyl (C=O) groups is 1. The van der Waals surface area contributed by atoms with Crippen molar-refractivity contribution >= 4 is 22.5 Å². The topological polar surface area (TPSA) is 60.5 Å². The lowest BCUT2D eigenvalue weighted by atomic mass is 9.98. The molecule has 90 valence electrons. The van der Waals surface area contributed by atoms with Crippen molar-refractivity contribution in [2.24, 2.45) is 5.10 Å². The molecular weight excluding hydrogens is 228 g/mol. The van der Waals surface area contributed by atoms with E-state index in [1.54, 1.807) is 0 Å². The van der Waals surface area contributed by atoms with Gasteiger partial charge in [-0.3, -0.25) is 9.69 Å². The molecule has 0 atom stereocenters. The van der Waals surface area contributed by atoms with Gasteiger partial charge in [0.15, 0.2) is 0 Å². The molecule has 0 saturated heterocycles. The number of H-pyrrole nitrogens is 1. The number of carbonyl (C=O) groups excluding carboxylic acids is 1. The standard InChI is InChI=1S/C13H12N4O/c1-17-5-9-12-10(6-17)15-16-13(18)7-3-2-4-8(14-9)11(7)12/h2-4,14H,5-6H2,1H3,(H,16,18). The van der Waals surface area contributed by atoms with Crippen molar-refractivity contribution in [3.05, 3.63) is 35.0 Å². The number of amides is 1. The first-order valence-corrected chi connectivity index (χ1v) is 5.93. The first-order valence-electron chi connectivity index (χ1n) is 5.93. The quantitative estimate of drug-likeness (QED) is 0.723. The maximum atomic E-state index is 12.0. The lowest BCUT2D eigenvalue weighted by molar-refractivity contribution is 0.0957. The van der Waals surface area contributed by atoms with Gasteiger partial charge in [0, 0.05) is 35.2 Å². The maximum Gasteiger partial charge on any atom is 0.272 e. The predicted octanol–water partition coefficient (Wildman–Crippen LogP) is 1.06. The van der Waals surface area contributed by atoms with Crippen LogP contribution in [-0.2, 0) is 6.54 Å². The van der Waals surface area contributed by atoms with Crippen molar-refractivity contribution < 1.29 is 4.79 Å². The number of aromatic nitrogens is 1. The summed E-state index contributed by atoms with van der Waals surface area (Å²) < 4.78 is 0. The van der Waals surface area contributed by atoms with Crippen molar-refractivity contribution in [3.63, 3.8) is 0 Å². The Morgan fingerprint density at radius 3 is 3.11 bits per heavy atom. The van der Waals surface area contributed by atoms with Crippen LogP contribution < -0.4 is 5.43 Å². The van der Waals surface area contributed by atoms with Crippen LogP contribution in [0, 0.1) is 0 Å². The second-order valence-electron chi connectivity index (χ2n) is 4.88. The van der Waals surface area contributed by atoms with E-state index in [4.69, 9.17) is 0 Å². The molecule has 0 unspecified atom stereocenters. The molecular formula is C13H12N4O. The lowest BCUT2D eigenvalue weighted by Crippen LogP contribution is -2.33. The third-order valence-corrected chi connectivity index (χ3v) is 3.58. The van der Waals surface area contributed by atoms with E-state index >= 15 is 0 Å². The molecule has 4 rings (SSSR count). The third kappa shape index (κ3) is 1.14. The summed E-state index contributed by atoms with van der Waals surface area (Å²) in [5.74, 6) is -0.132. The van der Waals surface area contributed by atoms with E-state index in [9.17, 15) is 4.79 Å². The molecule has 1 aromatic heterocycles. The highest BCUT2D eigenvalue weighted by atomic mass is 16.2. The smallest absolute Gasteiger partial charge is 0.272 e. The van der Waals surface area contributed by atoms with Crippen LogP contribution in [0.3, 0.4) is 0 Å². The van der Waals surface area contributed by atoms with Crippen LogP contribution in [0.15, 0.2) is 23.3 Å². The Morgan fingerprint density at radius 2 is 2.22 bits per heavy atom. The van der Waals surface area contributed by atoms with E-state index in [0.717, 1.165) is 41.0 Å². The van der Waals surface area contributed by atoms with Gasteiger partial charge in [-0.1, -0.05) is 6.07 Å². The minimum absolute atomic E-state index is 0.132. The Labute approximate surface area is 103 Å². The molecule has 0 radical (unpaired) electrons. The highest BCUT2D eigenvalue weighted by molar-refractivity contribution is 6.21. The summed E-state index contributed by atoms with van der Waals surface area (Å²) in [5, 5.41) is 5.26. The first kappa shape index (κ1) is 9.85. The van der Waals surface area contributed by atoms with E-state index in [1.807, 2.05) is 25.2 Å².